The summed E-state index contributed by atoms with van der Waals surface area (Å²) < 4.78 is 6.22. The van der Waals surface area contributed by atoms with Crippen molar-refractivity contribution >= 4 is 23.3 Å². The van der Waals surface area contributed by atoms with Crippen LogP contribution in [0.2, 0.25) is 0 Å². The SMILES string of the molecule is COC(=O)C(NC(=O)CNC(=O)c1cc2ccccn2n1)C(C)C. The van der Waals surface area contributed by atoms with Crippen LogP contribution in [0.15, 0.2) is 30.5 Å². The molecule has 2 N–H and O–H groups in total. The van der Waals surface area contributed by atoms with E-state index in [1.54, 1.807) is 36.7 Å². The fourth-order valence-electron chi connectivity index (χ4n) is 2.15. The maximum atomic E-state index is 12.1. The van der Waals surface area contributed by atoms with Crippen molar-refractivity contribution in [3.63, 3.8) is 0 Å². The number of hydrogen-bond acceptors (Lipinski definition) is 5. The van der Waals surface area contributed by atoms with Gasteiger partial charge >= 0.3 is 5.97 Å². The number of carbonyl (C=O) groups excluding carboxylic acids is 3. The molecule has 8 nitrogen and oxygen atoms in total. The number of rotatable bonds is 6. The highest BCUT2D eigenvalue weighted by atomic mass is 16.5. The van der Waals surface area contributed by atoms with Gasteiger partial charge < -0.3 is 15.4 Å². The lowest BCUT2D eigenvalue weighted by atomic mass is 10.0. The minimum atomic E-state index is -0.755. The fourth-order valence-corrected chi connectivity index (χ4v) is 2.15. The Morgan fingerprint density at radius 1 is 1.29 bits per heavy atom. The predicted molar refractivity (Wildman–Crippen MR) is 86.3 cm³/mol. The molecule has 24 heavy (non-hydrogen) atoms. The number of ether oxygens (including phenoxy) is 1. The predicted octanol–water partition coefficient (Wildman–Crippen LogP) is 0.378. The van der Waals surface area contributed by atoms with Crippen LogP contribution in [-0.2, 0) is 14.3 Å². The third kappa shape index (κ3) is 4.09. The van der Waals surface area contributed by atoms with Crippen LogP contribution in [0, 0.1) is 5.92 Å². The number of carbonyl (C=O) groups is 3. The molecule has 2 heterocycles. The summed E-state index contributed by atoms with van der Waals surface area (Å²) in [7, 11) is 1.26. The lowest BCUT2D eigenvalue weighted by molar-refractivity contribution is -0.146. The van der Waals surface area contributed by atoms with Crippen LogP contribution < -0.4 is 10.6 Å². The molecule has 0 spiro atoms. The van der Waals surface area contributed by atoms with Crippen molar-refractivity contribution < 1.29 is 19.1 Å². The zero-order valence-corrected chi connectivity index (χ0v) is 13.8. The number of nitrogens with one attached hydrogen (secondary N) is 2. The van der Waals surface area contributed by atoms with Crippen LogP contribution in [-0.4, -0.2) is 47.1 Å². The zero-order chi connectivity index (χ0) is 17.7. The first-order chi connectivity index (χ1) is 11.4. The average Bonchev–Trinajstić information content (AvgIpc) is 3.00. The van der Waals surface area contributed by atoms with Crippen molar-refractivity contribution in [2.45, 2.75) is 19.9 Å². The summed E-state index contributed by atoms with van der Waals surface area (Å²) in [6, 6.07) is 6.33. The molecule has 8 heteroatoms. The number of pyridine rings is 1. The van der Waals surface area contributed by atoms with Gasteiger partial charge in [0.1, 0.15) is 6.04 Å². The van der Waals surface area contributed by atoms with Gasteiger partial charge in [0.2, 0.25) is 5.91 Å². The molecule has 2 aromatic heterocycles. The highest BCUT2D eigenvalue weighted by Gasteiger charge is 2.25. The van der Waals surface area contributed by atoms with E-state index in [1.807, 2.05) is 12.1 Å². The van der Waals surface area contributed by atoms with E-state index in [-0.39, 0.29) is 18.2 Å². The molecule has 0 aliphatic heterocycles. The Kier molecular flexibility index (Phi) is 5.51. The molecule has 0 fully saturated rings. The minimum absolute atomic E-state index is 0.129. The second kappa shape index (κ2) is 7.58. The van der Waals surface area contributed by atoms with Crippen molar-refractivity contribution in [2.75, 3.05) is 13.7 Å². The molecule has 2 aromatic rings. The molecular formula is C16H20N4O4. The fraction of sp³-hybridized carbons (Fsp3) is 0.375. The van der Waals surface area contributed by atoms with Crippen molar-refractivity contribution in [2.24, 2.45) is 5.92 Å². The van der Waals surface area contributed by atoms with Crippen LogP contribution in [0.4, 0.5) is 0 Å². The number of methoxy groups -OCH3 is 1. The first kappa shape index (κ1) is 17.5. The van der Waals surface area contributed by atoms with E-state index in [2.05, 4.69) is 20.5 Å². The summed E-state index contributed by atoms with van der Waals surface area (Å²) in [6.45, 7) is 3.32. The number of nitrogens with zero attached hydrogens (tertiary/aromatic N) is 2. The van der Waals surface area contributed by atoms with E-state index in [0.717, 1.165) is 5.52 Å². The van der Waals surface area contributed by atoms with Gasteiger partial charge in [0.15, 0.2) is 5.69 Å². The summed E-state index contributed by atoms with van der Waals surface area (Å²) in [5.41, 5.74) is 0.986. The number of hydrogen-bond donors (Lipinski definition) is 2. The molecule has 2 rings (SSSR count). The van der Waals surface area contributed by atoms with Gasteiger partial charge in [-0.3, -0.25) is 9.59 Å². The molecular weight excluding hydrogens is 312 g/mol. The van der Waals surface area contributed by atoms with Gasteiger partial charge in [0, 0.05) is 6.20 Å². The van der Waals surface area contributed by atoms with E-state index in [1.165, 1.54) is 7.11 Å². The number of aromatic nitrogens is 2. The highest BCUT2D eigenvalue weighted by Crippen LogP contribution is 2.06. The third-order valence-electron chi connectivity index (χ3n) is 3.45. The van der Waals surface area contributed by atoms with E-state index < -0.39 is 23.8 Å². The van der Waals surface area contributed by atoms with Gasteiger partial charge in [0.25, 0.3) is 5.91 Å². The molecule has 0 aromatic carbocycles. The van der Waals surface area contributed by atoms with Crippen LogP contribution in [0.1, 0.15) is 24.3 Å². The van der Waals surface area contributed by atoms with Crippen molar-refractivity contribution in [1.82, 2.24) is 20.2 Å². The van der Waals surface area contributed by atoms with Gasteiger partial charge in [-0.25, -0.2) is 9.31 Å². The Balaban J connectivity index is 1.93. The first-order valence-corrected chi connectivity index (χ1v) is 7.52. The largest absolute Gasteiger partial charge is 0.467 e. The average molecular weight is 332 g/mol. The van der Waals surface area contributed by atoms with Gasteiger partial charge in [0.05, 0.1) is 19.2 Å². The molecule has 0 aliphatic rings. The molecule has 2 amide bonds. The van der Waals surface area contributed by atoms with Crippen LogP contribution in [0.25, 0.3) is 5.52 Å². The molecule has 0 saturated heterocycles. The minimum Gasteiger partial charge on any atom is -0.467 e. The summed E-state index contributed by atoms with van der Waals surface area (Å²) >= 11 is 0. The first-order valence-electron chi connectivity index (χ1n) is 7.52. The second-order valence-corrected chi connectivity index (χ2v) is 5.59. The Hall–Kier alpha value is -2.90. The van der Waals surface area contributed by atoms with Gasteiger partial charge in [-0.15, -0.1) is 0 Å². The number of amides is 2. The van der Waals surface area contributed by atoms with Crippen LogP contribution in [0.5, 0.6) is 0 Å². The normalized spacial score (nSPS) is 12.0. The molecule has 128 valence electrons. The van der Waals surface area contributed by atoms with Gasteiger partial charge in [-0.1, -0.05) is 19.9 Å². The van der Waals surface area contributed by atoms with Gasteiger partial charge in [-0.05, 0) is 24.1 Å². The topological polar surface area (TPSA) is 102 Å². The Morgan fingerprint density at radius 2 is 2.04 bits per heavy atom. The molecule has 1 atom stereocenters. The Labute approximate surface area is 139 Å². The number of esters is 1. The quantitative estimate of drug-likeness (QED) is 0.745. The lowest BCUT2D eigenvalue weighted by Gasteiger charge is -2.19. The number of fused-ring (bicyclic) bond motifs is 1. The molecule has 0 aliphatic carbocycles. The smallest absolute Gasteiger partial charge is 0.328 e. The Morgan fingerprint density at radius 3 is 2.67 bits per heavy atom. The highest BCUT2D eigenvalue weighted by molar-refractivity contribution is 5.96. The summed E-state index contributed by atoms with van der Waals surface area (Å²) in [5.74, 6) is -1.59. The van der Waals surface area contributed by atoms with Gasteiger partial charge in [-0.2, -0.15) is 5.10 Å². The Bertz CT molecular complexity index is 720. The van der Waals surface area contributed by atoms with Crippen molar-refractivity contribution in [3.05, 3.63) is 36.2 Å². The van der Waals surface area contributed by atoms with Crippen molar-refractivity contribution in [3.8, 4) is 0 Å². The maximum absolute atomic E-state index is 12.1. The van der Waals surface area contributed by atoms with E-state index >= 15 is 0 Å². The van der Waals surface area contributed by atoms with Crippen molar-refractivity contribution in [1.29, 1.82) is 0 Å². The molecule has 0 radical (unpaired) electrons. The summed E-state index contributed by atoms with van der Waals surface area (Å²) in [6.07, 6.45) is 1.72. The van der Waals surface area contributed by atoms with E-state index in [4.69, 9.17) is 0 Å². The van der Waals surface area contributed by atoms with E-state index in [9.17, 15) is 14.4 Å². The maximum Gasteiger partial charge on any atom is 0.328 e. The lowest BCUT2D eigenvalue weighted by Crippen LogP contribution is -2.48. The summed E-state index contributed by atoms with van der Waals surface area (Å²) in [4.78, 5) is 35.6. The standard InChI is InChI=1S/C16H20N4O4/c1-10(2)14(16(23)24-3)18-13(21)9-17-15(22)12-8-11-6-4-5-7-20(11)19-12/h4-8,10,14H,9H2,1-3H3,(H,17,22)(H,18,21). The van der Waals surface area contributed by atoms with Crippen LogP contribution in [0.3, 0.4) is 0 Å². The zero-order valence-electron chi connectivity index (χ0n) is 13.8. The third-order valence-corrected chi connectivity index (χ3v) is 3.45. The molecule has 0 saturated carbocycles. The summed E-state index contributed by atoms with van der Waals surface area (Å²) in [5, 5.41) is 9.15. The van der Waals surface area contributed by atoms with Crippen LogP contribution >= 0.6 is 0 Å². The molecule has 0 bridgehead atoms. The van der Waals surface area contributed by atoms with E-state index in [0.29, 0.717) is 0 Å². The second-order valence-electron chi connectivity index (χ2n) is 5.59. The monoisotopic (exact) mass is 332 g/mol. The molecule has 1 unspecified atom stereocenters.